The van der Waals surface area contributed by atoms with Crippen LogP contribution in [0.25, 0.3) is 0 Å². The highest BCUT2D eigenvalue weighted by atomic mass is 15.2. The van der Waals surface area contributed by atoms with Crippen molar-refractivity contribution in [2.24, 2.45) is 5.73 Å². The lowest BCUT2D eigenvalue weighted by Crippen LogP contribution is -2.37. The lowest BCUT2D eigenvalue weighted by molar-refractivity contribution is 0.201. The number of likely N-dealkylation sites (tertiary alicyclic amines) is 1. The van der Waals surface area contributed by atoms with E-state index >= 15 is 0 Å². The van der Waals surface area contributed by atoms with E-state index in [1.165, 1.54) is 18.4 Å². The molecule has 1 saturated heterocycles. The van der Waals surface area contributed by atoms with Gasteiger partial charge in [-0.3, -0.25) is 10.3 Å². The van der Waals surface area contributed by atoms with Crippen LogP contribution in [0.3, 0.4) is 0 Å². The first-order chi connectivity index (χ1) is 9.08. The second-order valence-electron chi connectivity index (χ2n) is 5.60. The van der Waals surface area contributed by atoms with E-state index in [-0.39, 0.29) is 5.84 Å². The van der Waals surface area contributed by atoms with Crippen LogP contribution in [0.2, 0.25) is 0 Å². The number of nitrogens with zero attached hydrogens (tertiary/aromatic N) is 2. The lowest BCUT2D eigenvalue weighted by Gasteiger charge is -2.27. The van der Waals surface area contributed by atoms with E-state index in [4.69, 9.17) is 11.1 Å². The Kier molecular flexibility index (Phi) is 4.56. The van der Waals surface area contributed by atoms with E-state index in [0.29, 0.717) is 6.04 Å². The Balaban J connectivity index is 2.10. The van der Waals surface area contributed by atoms with Gasteiger partial charge in [0.1, 0.15) is 5.84 Å². The van der Waals surface area contributed by atoms with Crippen molar-refractivity contribution in [1.29, 1.82) is 5.41 Å². The molecule has 1 atom stereocenters. The fourth-order valence-corrected chi connectivity index (χ4v) is 2.87. The third kappa shape index (κ3) is 3.55. The number of amidine groups is 1. The maximum absolute atomic E-state index is 7.66. The number of nitrogens with two attached hydrogens (primary N) is 1. The van der Waals surface area contributed by atoms with Gasteiger partial charge in [0.25, 0.3) is 0 Å². The highest BCUT2D eigenvalue weighted by Gasteiger charge is 2.25. The van der Waals surface area contributed by atoms with Gasteiger partial charge in [-0.05, 0) is 39.0 Å². The van der Waals surface area contributed by atoms with E-state index in [9.17, 15) is 0 Å². The summed E-state index contributed by atoms with van der Waals surface area (Å²) in [5.74, 6) is 0.166. The average molecular weight is 260 g/mol. The summed E-state index contributed by atoms with van der Waals surface area (Å²) in [6.45, 7) is 3.14. The smallest absolute Gasteiger partial charge is 0.123 e. The number of rotatable bonds is 5. The summed E-state index contributed by atoms with van der Waals surface area (Å²) in [4.78, 5) is 4.77. The largest absolute Gasteiger partial charge is 0.384 e. The minimum Gasteiger partial charge on any atom is -0.384 e. The van der Waals surface area contributed by atoms with Crippen LogP contribution in [-0.2, 0) is 6.54 Å². The second kappa shape index (κ2) is 6.17. The zero-order valence-corrected chi connectivity index (χ0v) is 11.9. The van der Waals surface area contributed by atoms with Gasteiger partial charge >= 0.3 is 0 Å². The summed E-state index contributed by atoms with van der Waals surface area (Å²) in [6.07, 6.45) is 2.53. The summed E-state index contributed by atoms with van der Waals surface area (Å²) in [5.41, 5.74) is 7.70. The first-order valence-electron chi connectivity index (χ1n) is 6.89. The summed E-state index contributed by atoms with van der Waals surface area (Å²) in [7, 11) is 4.25. The van der Waals surface area contributed by atoms with Crippen LogP contribution in [0.4, 0.5) is 0 Å². The molecule has 104 valence electrons. The highest BCUT2D eigenvalue weighted by molar-refractivity contribution is 5.96. The van der Waals surface area contributed by atoms with E-state index in [1.807, 2.05) is 18.2 Å². The normalized spacial score (nSPS) is 20.1. The Morgan fingerprint density at radius 1 is 1.42 bits per heavy atom. The van der Waals surface area contributed by atoms with Crippen molar-refractivity contribution < 1.29 is 0 Å². The van der Waals surface area contributed by atoms with Crippen LogP contribution in [0.5, 0.6) is 0 Å². The monoisotopic (exact) mass is 260 g/mol. The third-order valence-electron chi connectivity index (χ3n) is 3.76. The Bertz CT molecular complexity index is 442. The van der Waals surface area contributed by atoms with Crippen molar-refractivity contribution in [2.75, 3.05) is 27.2 Å². The average Bonchev–Trinajstić information content (AvgIpc) is 2.76. The molecule has 0 bridgehead atoms. The van der Waals surface area contributed by atoms with Crippen molar-refractivity contribution in [3.63, 3.8) is 0 Å². The molecule has 1 aliphatic heterocycles. The quantitative estimate of drug-likeness (QED) is 0.623. The third-order valence-corrected chi connectivity index (χ3v) is 3.76. The topological polar surface area (TPSA) is 56.4 Å². The number of likely N-dealkylation sites (N-methyl/N-ethyl adjacent to an activating group) is 1. The van der Waals surface area contributed by atoms with Gasteiger partial charge in [-0.15, -0.1) is 0 Å². The van der Waals surface area contributed by atoms with Gasteiger partial charge in [0.15, 0.2) is 0 Å². The Morgan fingerprint density at radius 2 is 2.16 bits per heavy atom. The molecule has 1 aliphatic rings. The molecule has 2 rings (SSSR count). The molecule has 1 aromatic carbocycles. The predicted octanol–water partition coefficient (Wildman–Crippen LogP) is 1.50. The number of nitrogens with one attached hydrogen (secondary N) is 1. The first kappa shape index (κ1) is 14.0. The maximum Gasteiger partial charge on any atom is 0.123 e. The van der Waals surface area contributed by atoms with Crippen molar-refractivity contribution in [3.8, 4) is 0 Å². The van der Waals surface area contributed by atoms with E-state index in [0.717, 1.165) is 25.2 Å². The zero-order chi connectivity index (χ0) is 13.8. The number of hydrogen-bond donors (Lipinski definition) is 2. The summed E-state index contributed by atoms with van der Waals surface area (Å²) in [5, 5.41) is 7.66. The molecule has 1 aromatic rings. The van der Waals surface area contributed by atoms with Gasteiger partial charge in [0.2, 0.25) is 0 Å². The summed E-state index contributed by atoms with van der Waals surface area (Å²) >= 11 is 0. The minimum absolute atomic E-state index is 0.166. The summed E-state index contributed by atoms with van der Waals surface area (Å²) in [6, 6.07) is 8.62. The van der Waals surface area contributed by atoms with Gasteiger partial charge in [-0.2, -0.15) is 0 Å². The SMILES string of the molecule is CN(C)CC1CCCN1Cc1ccccc1C(=N)N. The molecule has 3 N–H and O–H groups in total. The molecule has 0 radical (unpaired) electrons. The molecular formula is C15H24N4. The van der Waals surface area contributed by atoms with E-state index in [1.54, 1.807) is 0 Å². The van der Waals surface area contributed by atoms with Gasteiger partial charge in [-0.25, -0.2) is 0 Å². The van der Waals surface area contributed by atoms with Crippen LogP contribution in [-0.4, -0.2) is 48.9 Å². The Hall–Kier alpha value is -1.39. The molecule has 19 heavy (non-hydrogen) atoms. The number of benzene rings is 1. The predicted molar refractivity (Wildman–Crippen MR) is 79.4 cm³/mol. The molecule has 0 aromatic heterocycles. The molecule has 1 fully saturated rings. The maximum atomic E-state index is 7.66. The molecular weight excluding hydrogens is 236 g/mol. The van der Waals surface area contributed by atoms with Crippen LogP contribution in [0.1, 0.15) is 24.0 Å². The standard InChI is InChI=1S/C15H24N4/c1-18(2)11-13-7-5-9-19(13)10-12-6-3-4-8-14(12)15(16)17/h3-4,6,8,13H,5,7,9-11H2,1-2H3,(H3,16,17). The fourth-order valence-electron chi connectivity index (χ4n) is 2.87. The van der Waals surface area contributed by atoms with Crippen molar-refractivity contribution >= 4 is 5.84 Å². The molecule has 4 nitrogen and oxygen atoms in total. The first-order valence-corrected chi connectivity index (χ1v) is 6.89. The lowest BCUT2D eigenvalue weighted by atomic mass is 10.1. The Morgan fingerprint density at radius 3 is 2.84 bits per heavy atom. The molecule has 0 amide bonds. The highest BCUT2D eigenvalue weighted by Crippen LogP contribution is 2.21. The van der Waals surface area contributed by atoms with Crippen molar-refractivity contribution in [3.05, 3.63) is 35.4 Å². The summed E-state index contributed by atoms with van der Waals surface area (Å²) < 4.78 is 0. The zero-order valence-electron chi connectivity index (χ0n) is 11.9. The van der Waals surface area contributed by atoms with Crippen molar-refractivity contribution in [2.45, 2.75) is 25.4 Å². The Labute approximate surface area is 115 Å². The molecule has 0 saturated carbocycles. The molecule has 0 spiro atoms. The number of nitrogen functional groups attached to an aromatic ring is 1. The van der Waals surface area contributed by atoms with Gasteiger partial charge in [0, 0.05) is 24.7 Å². The minimum atomic E-state index is 0.166. The van der Waals surface area contributed by atoms with Crippen LogP contribution in [0.15, 0.2) is 24.3 Å². The van der Waals surface area contributed by atoms with Gasteiger partial charge in [0.05, 0.1) is 0 Å². The van der Waals surface area contributed by atoms with Crippen LogP contribution < -0.4 is 5.73 Å². The van der Waals surface area contributed by atoms with Gasteiger partial charge < -0.3 is 10.6 Å². The molecule has 1 heterocycles. The van der Waals surface area contributed by atoms with Gasteiger partial charge in [-0.1, -0.05) is 24.3 Å². The van der Waals surface area contributed by atoms with E-state index < -0.39 is 0 Å². The molecule has 0 aliphatic carbocycles. The second-order valence-corrected chi connectivity index (χ2v) is 5.60. The fraction of sp³-hybridized carbons (Fsp3) is 0.533. The van der Waals surface area contributed by atoms with E-state index in [2.05, 4.69) is 30.0 Å². The number of hydrogen-bond acceptors (Lipinski definition) is 3. The van der Waals surface area contributed by atoms with Crippen LogP contribution in [0, 0.1) is 5.41 Å². The molecule has 4 heteroatoms. The van der Waals surface area contributed by atoms with Crippen LogP contribution >= 0.6 is 0 Å². The molecule has 1 unspecified atom stereocenters. The van der Waals surface area contributed by atoms with Crippen molar-refractivity contribution in [1.82, 2.24) is 9.80 Å².